The maximum absolute atomic E-state index is 11.3. The molecule has 0 bridgehead atoms. The Morgan fingerprint density at radius 1 is 1.60 bits per heavy atom. The normalized spacial score (nSPS) is 10.3. The Morgan fingerprint density at radius 3 is 3.00 bits per heavy atom. The Hall–Kier alpha value is -1.76. The van der Waals surface area contributed by atoms with Crippen LogP contribution in [0.3, 0.4) is 0 Å². The van der Waals surface area contributed by atoms with Gasteiger partial charge in [-0.15, -0.1) is 11.3 Å². The maximum Gasteiger partial charge on any atom is 0.357 e. The Balaban J connectivity index is 2.41. The molecule has 2 aromatic rings. The van der Waals surface area contributed by atoms with Crippen molar-refractivity contribution in [2.75, 3.05) is 7.11 Å². The van der Waals surface area contributed by atoms with Crippen molar-refractivity contribution in [1.82, 2.24) is 20.4 Å². The Morgan fingerprint density at radius 2 is 2.40 bits per heavy atom. The molecule has 2 rings (SSSR count). The van der Waals surface area contributed by atoms with E-state index >= 15 is 0 Å². The summed E-state index contributed by atoms with van der Waals surface area (Å²) in [7, 11) is 1.33. The lowest BCUT2D eigenvalue weighted by Gasteiger charge is -1.93. The van der Waals surface area contributed by atoms with Gasteiger partial charge in [0.25, 0.3) is 0 Å². The van der Waals surface area contributed by atoms with Gasteiger partial charge in [-0.1, -0.05) is 0 Å². The van der Waals surface area contributed by atoms with E-state index in [4.69, 9.17) is 0 Å². The number of carbonyl (C=O) groups is 1. The molecule has 0 saturated heterocycles. The molecule has 0 aliphatic rings. The minimum atomic E-state index is -0.432. The molecule has 0 radical (unpaired) electrons. The van der Waals surface area contributed by atoms with Crippen LogP contribution in [-0.4, -0.2) is 33.5 Å². The van der Waals surface area contributed by atoms with Crippen molar-refractivity contribution in [3.8, 4) is 10.7 Å². The highest BCUT2D eigenvalue weighted by Crippen LogP contribution is 2.25. The fourth-order valence-electron chi connectivity index (χ4n) is 1.10. The summed E-state index contributed by atoms with van der Waals surface area (Å²) >= 11 is 1.38. The van der Waals surface area contributed by atoms with Crippen LogP contribution in [0.4, 0.5) is 0 Å². The van der Waals surface area contributed by atoms with E-state index in [1.54, 1.807) is 6.20 Å². The topological polar surface area (TPSA) is 80.8 Å². The van der Waals surface area contributed by atoms with E-state index in [9.17, 15) is 4.79 Å². The van der Waals surface area contributed by atoms with Gasteiger partial charge in [-0.05, 0) is 6.92 Å². The Bertz CT molecular complexity index is 477. The quantitative estimate of drug-likeness (QED) is 0.770. The highest BCUT2D eigenvalue weighted by atomic mass is 32.1. The van der Waals surface area contributed by atoms with Crippen LogP contribution < -0.4 is 0 Å². The number of aryl methyl sites for hydroxylation is 1. The highest BCUT2D eigenvalue weighted by Gasteiger charge is 2.17. The van der Waals surface area contributed by atoms with E-state index in [1.807, 2.05) is 6.92 Å². The molecule has 0 aromatic carbocycles. The van der Waals surface area contributed by atoms with Gasteiger partial charge in [-0.3, -0.25) is 0 Å². The summed E-state index contributed by atoms with van der Waals surface area (Å²) in [6, 6.07) is 0. The highest BCUT2D eigenvalue weighted by molar-refractivity contribution is 7.15. The number of H-pyrrole nitrogens is 1. The largest absolute Gasteiger partial charge is 0.464 e. The number of methoxy groups -OCH3 is 1. The number of aromatic amines is 1. The first kappa shape index (κ1) is 9.78. The lowest BCUT2D eigenvalue weighted by atomic mass is 10.4. The minimum Gasteiger partial charge on any atom is -0.464 e. The van der Waals surface area contributed by atoms with E-state index in [0.29, 0.717) is 16.4 Å². The fourth-order valence-corrected chi connectivity index (χ4v) is 1.95. The Labute approximate surface area is 89.3 Å². The molecule has 0 fully saturated rings. The van der Waals surface area contributed by atoms with Crippen LogP contribution in [0.25, 0.3) is 10.7 Å². The molecule has 2 aromatic heterocycles. The lowest BCUT2D eigenvalue weighted by molar-refractivity contribution is 0.0594. The molecule has 0 aliphatic carbocycles. The third kappa shape index (κ3) is 1.73. The third-order valence-electron chi connectivity index (χ3n) is 1.81. The molecule has 15 heavy (non-hydrogen) atoms. The van der Waals surface area contributed by atoms with Gasteiger partial charge in [0.05, 0.1) is 13.3 Å². The van der Waals surface area contributed by atoms with Crippen LogP contribution in [-0.2, 0) is 4.74 Å². The average Bonchev–Trinajstić information content (AvgIpc) is 2.84. The third-order valence-corrected chi connectivity index (χ3v) is 2.80. The van der Waals surface area contributed by atoms with Gasteiger partial charge in [-0.2, -0.15) is 15.4 Å². The zero-order valence-corrected chi connectivity index (χ0v) is 8.96. The summed E-state index contributed by atoms with van der Waals surface area (Å²) in [4.78, 5) is 16.2. The first-order valence-electron chi connectivity index (χ1n) is 4.14. The van der Waals surface area contributed by atoms with Crippen molar-refractivity contribution in [3.05, 3.63) is 16.8 Å². The number of hydrogen-bond acceptors (Lipinski definition) is 6. The molecule has 0 amide bonds. The second-order valence-corrected chi connectivity index (χ2v) is 3.97. The lowest BCUT2D eigenvalue weighted by Crippen LogP contribution is -2.03. The second kappa shape index (κ2) is 3.77. The van der Waals surface area contributed by atoms with Crippen molar-refractivity contribution in [1.29, 1.82) is 0 Å². The van der Waals surface area contributed by atoms with Gasteiger partial charge in [-0.25, -0.2) is 9.78 Å². The van der Waals surface area contributed by atoms with E-state index in [1.165, 1.54) is 18.4 Å². The Kier molecular flexibility index (Phi) is 2.46. The standard InChI is InChI=1S/C8H8N4O2S/c1-4-6(8(13)14-2)10-7(15-4)5-3-9-12-11-5/h3H,1-2H3,(H,9,11,12). The van der Waals surface area contributed by atoms with Crippen LogP contribution in [0.2, 0.25) is 0 Å². The predicted molar refractivity (Wildman–Crippen MR) is 53.6 cm³/mol. The molecule has 1 N–H and O–H groups in total. The van der Waals surface area contributed by atoms with Crippen molar-refractivity contribution in [2.24, 2.45) is 0 Å². The molecule has 0 spiro atoms. The van der Waals surface area contributed by atoms with E-state index < -0.39 is 5.97 Å². The van der Waals surface area contributed by atoms with Gasteiger partial charge in [0, 0.05) is 4.88 Å². The molecule has 6 nitrogen and oxygen atoms in total. The van der Waals surface area contributed by atoms with Crippen molar-refractivity contribution >= 4 is 17.3 Å². The zero-order chi connectivity index (χ0) is 10.8. The molecule has 78 valence electrons. The van der Waals surface area contributed by atoms with Gasteiger partial charge < -0.3 is 4.74 Å². The van der Waals surface area contributed by atoms with E-state index in [-0.39, 0.29) is 0 Å². The summed E-state index contributed by atoms with van der Waals surface area (Å²) in [6.45, 7) is 1.81. The molecule has 7 heteroatoms. The summed E-state index contributed by atoms with van der Waals surface area (Å²) in [5.74, 6) is -0.432. The van der Waals surface area contributed by atoms with Gasteiger partial charge in [0.1, 0.15) is 10.7 Å². The van der Waals surface area contributed by atoms with Crippen LogP contribution in [0, 0.1) is 6.92 Å². The fraction of sp³-hybridized carbons (Fsp3) is 0.250. The monoisotopic (exact) mass is 224 g/mol. The van der Waals surface area contributed by atoms with Gasteiger partial charge in [0.15, 0.2) is 5.69 Å². The van der Waals surface area contributed by atoms with E-state index in [0.717, 1.165) is 4.88 Å². The molecule has 0 aliphatic heterocycles. The zero-order valence-electron chi connectivity index (χ0n) is 8.14. The summed E-state index contributed by atoms with van der Waals surface area (Å²) in [6.07, 6.45) is 1.55. The molecule has 0 atom stereocenters. The number of hydrogen-bond donors (Lipinski definition) is 1. The average molecular weight is 224 g/mol. The number of carbonyl (C=O) groups excluding carboxylic acids is 1. The molecule has 2 heterocycles. The maximum atomic E-state index is 11.3. The number of thiazole rings is 1. The number of nitrogens with one attached hydrogen (secondary N) is 1. The predicted octanol–water partition coefficient (Wildman–Crippen LogP) is 1.02. The number of esters is 1. The number of ether oxygens (including phenoxy) is 1. The first-order valence-corrected chi connectivity index (χ1v) is 4.96. The van der Waals surface area contributed by atoms with E-state index in [2.05, 4.69) is 25.1 Å². The first-order chi connectivity index (χ1) is 7.22. The van der Waals surface area contributed by atoms with Crippen molar-refractivity contribution in [3.63, 3.8) is 0 Å². The smallest absolute Gasteiger partial charge is 0.357 e. The molecular weight excluding hydrogens is 216 g/mol. The summed E-state index contributed by atoms with van der Waals surface area (Å²) in [5.41, 5.74) is 0.957. The van der Waals surface area contributed by atoms with Gasteiger partial charge in [0.2, 0.25) is 0 Å². The summed E-state index contributed by atoms with van der Waals surface area (Å²) in [5, 5.41) is 10.7. The summed E-state index contributed by atoms with van der Waals surface area (Å²) < 4.78 is 4.61. The molecule has 0 unspecified atom stereocenters. The van der Waals surface area contributed by atoms with Crippen molar-refractivity contribution in [2.45, 2.75) is 6.92 Å². The van der Waals surface area contributed by atoms with Crippen LogP contribution in [0.15, 0.2) is 6.20 Å². The minimum absolute atomic E-state index is 0.334. The van der Waals surface area contributed by atoms with Crippen LogP contribution in [0.5, 0.6) is 0 Å². The van der Waals surface area contributed by atoms with Crippen LogP contribution >= 0.6 is 11.3 Å². The molecular formula is C8H8N4O2S. The van der Waals surface area contributed by atoms with Crippen LogP contribution in [0.1, 0.15) is 15.4 Å². The van der Waals surface area contributed by atoms with Crippen molar-refractivity contribution < 1.29 is 9.53 Å². The number of nitrogens with zero attached hydrogens (tertiary/aromatic N) is 3. The van der Waals surface area contributed by atoms with Gasteiger partial charge >= 0.3 is 5.97 Å². The number of rotatable bonds is 2. The number of aromatic nitrogens is 4. The SMILES string of the molecule is COC(=O)c1nc(-c2cn[nH]n2)sc1C. The molecule has 0 saturated carbocycles. The second-order valence-electron chi connectivity index (χ2n) is 2.77.